The number of thiazole rings is 1. The van der Waals surface area contributed by atoms with Gasteiger partial charge < -0.3 is 0 Å². The summed E-state index contributed by atoms with van der Waals surface area (Å²) in [5, 5.41) is 8.25. The lowest BCUT2D eigenvalue weighted by Gasteiger charge is -1.95. The molecule has 1 aromatic carbocycles. The number of aromatic amines is 1. The van der Waals surface area contributed by atoms with Crippen LogP contribution in [0.2, 0.25) is 14.6 Å². The average Bonchev–Trinajstić information content (AvgIpc) is 2.97. The van der Waals surface area contributed by atoms with Crippen molar-refractivity contribution in [2.24, 2.45) is 0 Å². The van der Waals surface area contributed by atoms with Crippen LogP contribution in [0.25, 0.3) is 21.8 Å². The highest BCUT2D eigenvalue weighted by Crippen LogP contribution is 2.36. The Labute approximate surface area is 128 Å². The van der Waals surface area contributed by atoms with E-state index in [1.54, 1.807) is 0 Å². The summed E-state index contributed by atoms with van der Waals surface area (Å²) in [4.78, 5) is 4.74. The van der Waals surface area contributed by atoms with Crippen LogP contribution in [0.4, 0.5) is 0 Å². The van der Waals surface area contributed by atoms with Crippen molar-refractivity contribution in [2.45, 2.75) is 0 Å². The fourth-order valence-electron chi connectivity index (χ4n) is 1.65. The van der Waals surface area contributed by atoms with Crippen molar-refractivity contribution in [1.82, 2.24) is 15.2 Å². The molecule has 0 aliphatic carbocycles. The number of hydrogen-bond acceptors (Lipinski definition) is 3. The van der Waals surface area contributed by atoms with Crippen molar-refractivity contribution < 1.29 is 0 Å². The van der Waals surface area contributed by atoms with Crippen molar-refractivity contribution in [3.05, 3.63) is 45.0 Å². The predicted octanol–water partition coefficient (Wildman–Crippen LogP) is 5.16. The molecule has 7 heteroatoms. The van der Waals surface area contributed by atoms with Gasteiger partial charge in [-0.25, -0.2) is 4.98 Å². The van der Waals surface area contributed by atoms with Crippen LogP contribution in [0.5, 0.6) is 0 Å². The van der Waals surface area contributed by atoms with Gasteiger partial charge in [-0.05, 0) is 18.2 Å². The first-order chi connectivity index (χ1) is 9.13. The topological polar surface area (TPSA) is 41.6 Å². The number of aromatic nitrogens is 3. The van der Waals surface area contributed by atoms with E-state index in [2.05, 4.69) is 15.2 Å². The summed E-state index contributed by atoms with van der Waals surface area (Å²) in [6.07, 6.45) is 0. The second-order valence-corrected chi connectivity index (χ2v) is 6.14. The first-order valence-electron chi connectivity index (χ1n) is 5.27. The summed E-state index contributed by atoms with van der Waals surface area (Å²) < 4.78 is 0.405. The Bertz CT molecular complexity index is 718. The van der Waals surface area contributed by atoms with Gasteiger partial charge in [0.05, 0.1) is 16.3 Å². The maximum Gasteiger partial charge on any atom is 0.185 e. The number of nitrogens with one attached hydrogen (secondary N) is 1. The third-order valence-corrected chi connectivity index (χ3v) is 4.35. The minimum Gasteiger partial charge on any atom is -0.276 e. The van der Waals surface area contributed by atoms with Gasteiger partial charge >= 0.3 is 0 Å². The molecule has 3 nitrogen and oxygen atoms in total. The monoisotopic (exact) mass is 329 g/mol. The molecule has 0 bridgehead atoms. The molecule has 0 amide bonds. The van der Waals surface area contributed by atoms with Crippen molar-refractivity contribution >= 4 is 46.1 Å². The van der Waals surface area contributed by atoms with Crippen molar-refractivity contribution in [2.75, 3.05) is 0 Å². The van der Waals surface area contributed by atoms with E-state index >= 15 is 0 Å². The van der Waals surface area contributed by atoms with Crippen LogP contribution in [0.1, 0.15) is 0 Å². The van der Waals surface area contributed by atoms with Gasteiger partial charge in [0.1, 0.15) is 0 Å². The fourth-order valence-corrected chi connectivity index (χ4v) is 3.14. The third kappa shape index (κ3) is 2.62. The smallest absolute Gasteiger partial charge is 0.185 e. The maximum absolute atomic E-state index is 6.01. The van der Waals surface area contributed by atoms with Gasteiger partial charge in [-0.1, -0.05) is 58.3 Å². The van der Waals surface area contributed by atoms with Crippen molar-refractivity contribution in [1.29, 1.82) is 0 Å². The molecule has 96 valence electrons. The van der Waals surface area contributed by atoms with E-state index in [4.69, 9.17) is 34.8 Å². The Hall–Kier alpha value is -1.07. The van der Waals surface area contributed by atoms with Crippen LogP contribution < -0.4 is 0 Å². The highest BCUT2D eigenvalue weighted by atomic mass is 35.5. The molecule has 3 aromatic rings. The van der Waals surface area contributed by atoms with E-state index in [0.717, 1.165) is 21.8 Å². The predicted molar refractivity (Wildman–Crippen MR) is 80.2 cm³/mol. The minimum atomic E-state index is 0.376. The molecule has 2 aromatic heterocycles. The van der Waals surface area contributed by atoms with E-state index in [9.17, 15) is 0 Å². The van der Waals surface area contributed by atoms with Gasteiger partial charge in [0, 0.05) is 10.6 Å². The Morgan fingerprint density at radius 3 is 2.42 bits per heavy atom. The molecule has 0 aliphatic rings. The van der Waals surface area contributed by atoms with Crippen LogP contribution in [-0.2, 0) is 0 Å². The summed E-state index contributed by atoms with van der Waals surface area (Å²) in [5.41, 5.74) is 2.57. The van der Waals surface area contributed by atoms with Crippen LogP contribution in [0.3, 0.4) is 0 Å². The molecule has 0 atom stereocenters. The molecule has 1 N–H and O–H groups in total. The van der Waals surface area contributed by atoms with E-state index in [1.165, 1.54) is 11.3 Å². The summed E-state index contributed by atoms with van der Waals surface area (Å²) in [6, 6.07) is 9.36. The van der Waals surface area contributed by atoms with Crippen LogP contribution in [-0.4, -0.2) is 15.2 Å². The summed E-state index contributed by atoms with van der Waals surface area (Å²) in [7, 11) is 0. The second kappa shape index (κ2) is 5.13. The van der Waals surface area contributed by atoms with Gasteiger partial charge in [0.25, 0.3) is 0 Å². The molecular weight excluding hydrogens is 325 g/mol. The first-order valence-corrected chi connectivity index (χ1v) is 7.22. The Morgan fingerprint density at radius 2 is 1.79 bits per heavy atom. The zero-order valence-electron chi connectivity index (χ0n) is 9.32. The average molecular weight is 331 g/mol. The molecule has 0 fully saturated rings. The quantitative estimate of drug-likeness (QED) is 0.705. The Morgan fingerprint density at radius 1 is 1.05 bits per heavy atom. The summed E-state index contributed by atoms with van der Waals surface area (Å²) in [6.45, 7) is 0. The summed E-state index contributed by atoms with van der Waals surface area (Å²) >= 11 is 19.0. The van der Waals surface area contributed by atoms with Crippen LogP contribution in [0, 0.1) is 0 Å². The normalized spacial score (nSPS) is 10.9. The molecule has 19 heavy (non-hydrogen) atoms. The maximum atomic E-state index is 6.01. The highest BCUT2D eigenvalue weighted by molar-refractivity contribution is 7.19. The Balaban J connectivity index is 1.99. The fraction of sp³-hybridized carbons (Fsp3) is 0. The lowest BCUT2D eigenvalue weighted by molar-refractivity contribution is 1.10. The molecule has 0 spiro atoms. The molecule has 2 heterocycles. The van der Waals surface area contributed by atoms with Crippen LogP contribution >= 0.6 is 46.1 Å². The number of halogens is 3. The van der Waals surface area contributed by atoms with Crippen molar-refractivity contribution in [3.63, 3.8) is 0 Å². The van der Waals surface area contributed by atoms with E-state index in [-0.39, 0.29) is 0 Å². The molecule has 3 rings (SSSR count). The number of nitrogens with zero attached hydrogens (tertiary/aromatic N) is 2. The second-order valence-electron chi connectivity index (χ2n) is 3.76. The minimum absolute atomic E-state index is 0.376. The van der Waals surface area contributed by atoms with E-state index in [1.807, 2.05) is 30.3 Å². The first kappa shape index (κ1) is 12.9. The molecule has 0 aliphatic heterocycles. The molecule has 0 saturated heterocycles. The molecule has 0 saturated carbocycles. The molecule has 0 radical (unpaired) electrons. The van der Waals surface area contributed by atoms with Gasteiger partial charge in [-0.3, -0.25) is 5.10 Å². The van der Waals surface area contributed by atoms with E-state index < -0.39 is 0 Å². The van der Waals surface area contributed by atoms with Gasteiger partial charge in [-0.2, -0.15) is 5.10 Å². The number of benzene rings is 1. The van der Waals surface area contributed by atoms with Gasteiger partial charge in [0.2, 0.25) is 0 Å². The number of hydrogen-bond donors (Lipinski definition) is 1. The number of rotatable bonds is 2. The Kier molecular flexibility index (Phi) is 3.50. The van der Waals surface area contributed by atoms with Crippen LogP contribution in [0.15, 0.2) is 30.3 Å². The lowest BCUT2D eigenvalue weighted by Crippen LogP contribution is -1.76. The number of H-pyrrole nitrogens is 1. The molecular formula is C12H6Cl3N3S. The standard InChI is InChI=1S/C12H6Cl3N3S/c13-7-3-1-6(2-4-7)8-5-9(18-17-8)10-11(14)16-12(15)19-10/h1-5H,(H,17,18). The van der Waals surface area contributed by atoms with Gasteiger partial charge in [0.15, 0.2) is 9.62 Å². The zero-order valence-corrected chi connectivity index (χ0v) is 12.4. The van der Waals surface area contributed by atoms with E-state index in [0.29, 0.717) is 14.6 Å². The molecule has 0 unspecified atom stereocenters. The SMILES string of the molecule is Clc1ccc(-c2cc(-c3sc(Cl)nc3Cl)[nH]n2)cc1. The van der Waals surface area contributed by atoms with Gasteiger partial charge in [-0.15, -0.1) is 0 Å². The summed E-state index contributed by atoms with van der Waals surface area (Å²) in [5.74, 6) is 0. The third-order valence-electron chi connectivity index (χ3n) is 2.52. The van der Waals surface area contributed by atoms with Crippen molar-refractivity contribution in [3.8, 4) is 21.8 Å². The highest BCUT2D eigenvalue weighted by Gasteiger charge is 2.13. The largest absolute Gasteiger partial charge is 0.276 e. The lowest BCUT2D eigenvalue weighted by atomic mass is 10.1. The zero-order chi connectivity index (χ0) is 13.4.